The minimum absolute atomic E-state index is 0.0718. The Morgan fingerprint density at radius 3 is 2.81 bits per heavy atom. The van der Waals surface area contributed by atoms with Gasteiger partial charge in [0.25, 0.3) is 5.56 Å². The number of carbonyl (C=O) groups is 1. The van der Waals surface area contributed by atoms with Crippen molar-refractivity contribution in [2.75, 3.05) is 6.54 Å². The molecule has 1 N–H and O–H groups in total. The molecule has 8 heteroatoms. The lowest BCUT2D eigenvalue weighted by Gasteiger charge is -2.20. The summed E-state index contributed by atoms with van der Waals surface area (Å²) in [5.74, 6) is 0.353. The van der Waals surface area contributed by atoms with Gasteiger partial charge in [-0.15, -0.1) is 11.3 Å². The Kier molecular flexibility index (Phi) is 6.15. The van der Waals surface area contributed by atoms with Crippen LogP contribution < -0.4 is 5.56 Å². The van der Waals surface area contributed by atoms with Crippen LogP contribution in [0.2, 0.25) is 5.02 Å². The highest BCUT2D eigenvalue weighted by atomic mass is 35.5. The van der Waals surface area contributed by atoms with Crippen LogP contribution >= 0.6 is 22.9 Å². The molecule has 0 aliphatic heterocycles. The van der Waals surface area contributed by atoms with Crippen LogP contribution in [0.25, 0.3) is 21.5 Å². The zero-order valence-electron chi connectivity index (χ0n) is 17.2. The Bertz CT molecular complexity index is 1310. The lowest BCUT2D eigenvalue weighted by molar-refractivity contribution is -0.131. The fourth-order valence-corrected chi connectivity index (χ4v) is 4.34. The molecule has 4 rings (SSSR count). The second-order valence-electron chi connectivity index (χ2n) is 7.27. The number of aromatic amines is 1. The molecule has 0 radical (unpaired) electrons. The lowest BCUT2D eigenvalue weighted by Crippen LogP contribution is -2.33. The number of fused-ring (bicyclic) bond motifs is 1. The van der Waals surface area contributed by atoms with Gasteiger partial charge in [-0.25, -0.2) is 9.97 Å². The molecule has 31 heavy (non-hydrogen) atoms. The molecule has 1 amide bonds. The number of amides is 1. The van der Waals surface area contributed by atoms with Crippen molar-refractivity contribution < 1.29 is 4.79 Å². The Labute approximate surface area is 188 Å². The second kappa shape index (κ2) is 8.99. The molecule has 0 bridgehead atoms. The summed E-state index contributed by atoms with van der Waals surface area (Å²) in [6, 6.07) is 13.1. The van der Waals surface area contributed by atoms with Gasteiger partial charge >= 0.3 is 0 Å². The van der Waals surface area contributed by atoms with Gasteiger partial charge < -0.3 is 9.88 Å². The van der Waals surface area contributed by atoms with E-state index in [-0.39, 0.29) is 24.4 Å². The van der Waals surface area contributed by atoms with Gasteiger partial charge in [0.15, 0.2) is 0 Å². The predicted octanol–water partition coefficient (Wildman–Crippen LogP) is 4.60. The molecule has 4 aromatic rings. The minimum atomic E-state index is -0.248. The van der Waals surface area contributed by atoms with Crippen LogP contribution in [0.15, 0.2) is 52.6 Å². The molecule has 0 spiro atoms. The van der Waals surface area contributed by atoms with Gasteiger partial charge in [0.05, 0.1) is 29.6 Å². The summed E-state index contributed by atoms with van der Waals surface area (Å²) in [5.41, 5.74) is 3.21. The monoisotopic (exact) mass is 452 g/mol. The first-order valence-electron chi connectivity index (χ1n) is 9.90. The van der Waals surface area contributed by atoms with Gasteiger partial charge in [0, 0.05) is 22.5 Å². The van der Waals surface area contributed by atoms with Crippen LogP contribution in [-0.2, 0) is 17.8 Å². The van der Waals surface area contributed by atoms with Crippen LogP contribution in [0.3, 0.4) is 0 Å². The number of halogens is 1. The number of rotatable bonds is 6. The number of carbonyl (C=O) groups excluding carboxylic acids is 1. The fourth-order valence-electron chi connectivity index (χ4n) is 3.36. The van der Waals surface area contributed by atoms with Gasteiger partial charge in [-0.05, 0) is 38.1 Å². The summed E-state index contributed by atoms with van der Waals surface area (Å²) in [6.45, 7) is 4.64. The Hall–Kier alpha value is -3.03. The van der Waals surface area contributed by atoms with E-state index in [1.807, 2.05) is 37.4 Å². The first-order chi connectivity index (χ1) is 14.9. The van der Waals surface area contributed by atoms with Gasteiger partial charge in [-0.2, -0.15) is 0 Å². The number of likely N-dealkylation sites (N-methyl/N-ethyl adjacent to an activating group) is 1. The highest BCUT2D eigenvalue weighted by Gasteiger charge is 2.17. The van der Waals surface area contributed by atoms with Gasteiger partial charge in [0.1, 0.15) is 10.8 Å². The average Bonchev–Trinajstić information content (AvgIpc) is 3.20. The summed E-state index contributed by atoms with van der Waals surface area (Å²) < 4.78 is 0. The van der Waals surface area contributed by atoms with Crippen molar-refractivity contribution in [1.82, 2.24) is 19.9 Å². The van der Waals surface area contributed by atoms with E-state index in [2.05, 4.69) is 21.0 Å². The van der Waals surface area contributed by atoms with Crippen LogP contribution in [0.1, 0.15) is 24.0 Å². The van der Waals surface area contributed by atoms with E-state index in [4.69, 9.17) is 11.6 Å². The summed E-state index contributed by atoms with van der Waals surface area (Å²) in [4.78, 5) is 38.8. The normalized spacial score (nSPS) is 11.1. The third kappa shape index (κ3) is 4.84. The number of nitrogens with one attached hydrogen (secondary N) is 1. The van der Waals surface area contributed by atoms with Crippen molar-refractivity contribution in [3.05, 3.63) is 80.3 Å². The van der Waals surface area contributed by atoms with Crippen molar-refractivity contribution in [1.29, 1.82) is 0 Å². The zero-order chi connectivity index (χ0) is 22.0. The molecule has 2 aromatic heterocycles. The van der Waals surface area contributed by atoms with E-state index in [1.54, 1.807) is 23.1 Å². The number of hydrogen-bond acceptors (Lipinski definition) is 5. The van der Waals surface area contributed by atoms with Gasteiger partial charge in [0.2, 0.25) is 5.91 Å². The van der Waals surface area contributed by atoms with Crippen LogP contribution in [0, 0.1) is 6.92 Å². The van der Waals surface area contributed by atoms with Crippen molar-refractivity contribution >= 4 is 39.7 Å². The molecule has 6 nitrogen and oxygen atoms in total. The summed E-state index contributed by atoms with van der Waals surface area (Å²) in [7, 11) is 0. The van der Waals surface area contributed by atoms with Crippen molar-refractivity contribution in [3.63, 3.8) is 0 Å². The Morgan fingerprint density at radius 1 is 1.19 bits per heavy atom. The Balaban J connectivity index is 1.50. The number of H-pyrrole nitrogens is 1. The van der Waals surface area contributed by atoms with Gasteiger partial charge in [-0.3, -0.25) is 9.59 Å². The zero-order valence-corrected chi connectivity index (χ0v) is 18.8. The standard InChI is InChI=1S/C23H21ClN4O2S/c1-3-28(12-20-26-19-10-16(24)7-8-18(19)22(30)27-20)21(29)11-17-13-31-23(25-17)15-6-4-5-14(2)9-15/h4-10,13H,3,11-12H2,1-2H3,(H,26,27,30). The summed E-state index contributed by atoms with van der Waals surface area (Å²) >= 11 is 7.56. The maximum absolute atomic E-state index is 12.9. The van der Waals surface area contributed by atoms with Crippen LogP contribution in [0.4, 0.5) is 0 Å². The quantitative estimate of drug-likeness (QED) is 0.463. The van der Waals surface area contributed by atoms with Gasteiger partial charge in [-0.1, -0.05) is 35.4 Å². The molecule has 0 saturated carbocycles. The largest absolute Gasteiger partial charge is 0.335 e. The summed E-state index contributed by atoms with van der Waals surface area (Å²) in [6.07, 6.45) is 0.194. The lowest BCUT2D eigenvalue weighted by atomic mass is 10.1. The SMILES string of the molecule is CCN(Cc1nc2cc(Cl)ccc2c(=O)[nH]1)C(=O)Cc1csc(-c2cccc(C)c2)n1. The molecule has 0 unspecified atom stereocenters. The van der Waals surface area contributed by atoms with E-state index < -0.39 is 0 Å². The first kappa shape index (κ1) is 21.2. The smallest absolute Gasteiger partial charge is 0.258 e. The van der Waals surface area contributed by atoms with E-state index in [9.17, 15) is 9.59 Å². The maximum atomic E-state index is 12.9. The number of aryl methyl sites for hydroxylation is 1. The molecule has 2 heterocycles. The van der Waals surface area contributed by atoms with Crippen molar-refractivity contribution in [2.45, 2.75) is 26.8 Å². The molecule has 0 fully saturated rings. The van der Waals surface area contributed by atoms with Crippen molar-refractivity contribution in [3.8, 4) is 10.6 Å². The predicted molar refractivity (Wildman–Crippen MR) is 124 cm³/mol. The molecule has 0 aliphatic carbocycles. The second-order valence-corrected chi connectivity index (χ2v) is 8.57. The molecule has 158 valence electrons. The van der Waals surface area contributed by atoms with Crippen LogP contribution in [-0.4, -0.2) is 32.3 Å². The molecular formula is C23H21ClN4O2S. The Morgan fingerprint density at radius 2 is 2.03 bits per heavy atom. The third-order valence-corrected chi connectivity index (χ3v) is 6.12. The number of thiazole rings is 1. The van der Waals surface area contributed by atoms with E-state index in [0.29, 0.717) is 28.3 Å². The topological polar surface area (TPSA) is 79.0 Å². The molecule has 0 aliphatic rings. The third-order valence-electron chi connectivity index (χ3n) is 4.94. The van der Waals surface area contributed by atoms with Crippen molar-refractivity contribution in [2.24, 2.45) is 0 Å². The minimum Gasteiger partial charge on any atom is -0.335 e. The van der Waals surface area contributed by atoms with Crippen LogP contribution in [0.5, 0.6) is 0 Å². The summed E-state index contributed by atoms with van der Waals surface area (Å²) in [5, 5.41) is 3.79. The average molecular weight is 453 g/mol. The maximum Gasteiger partial charge on any atom is 0.258 e. The fraction of sp³-hybridized carbons (Fsp3) is 0.217. The van der Waals surface area contributed by atoms with E-state index in [1.165, 1.54) is 16.9 Å². The first-order valence-corrected chi connectivity index (χ1v) is 11.2. The molecular weight excluding hydrogens is 432 g/mol. The number of hydrogen-bond donors (Lipinski definition) is 1. The van der Waals surface area contributed by atoms with E-state index in [0.717, 1.165) is 16.3 Å². The molecule has 0 atom stereocenters. The molecule has 2 aromatic carbocycles. The highest BCUT2D eigenvalue weighted by Crippen LogP contribution is 2.25. The number of nitrogens with zero attached hydrogens (tertiary/aromatic N) is 3. The number of aromatic nitrogens is 3. The highest BCUT2D eigenvalue weighted by molar-refractivity contribution is 7.13. The molecule has 0 saturated heterocycles. The van der Waals surface area contributed by atoms with E-state index >= 15 is 0 Å². The number of benzene rings is 2.